The average Bonchev–Trinajstić information content (AvgIpc) is 2.74. The van der Waals surface area contributed by atoms with Gasteiger partial charge in [0.2, 0.25) is 0 Å². The van der Waals surface area contributed by atoms with Gasteiger partial charge in [-0.1, -0.05) is 23.7 Å². The summed E-state index contributed by atoms with van der Waals surface area (Å²) in [5, 5.41) is 12.5. The van der Waals surface area contributed by atoms with E-state index < -0.39 is 0 Å². The first-order valence-electron chi connectivity index (χ1n) is 9.53. The number of piperidine rings is 1. The average molecular weight is 414 g/mol. The molecule has 3 rings (SSSR count). The number of halogens is 1. The van der Waals surface area contributed by atoms with Gasteiger partial charge in [-0.2, -0.15) is 5.26 Å². The lowest BCUT2D eigenvalue weighted by atomic mass is 9.99. The number of nitrogens with zero attached hydrogens (tertiary/aromatic N) is 2. The number of nitriles is 1. The van der Waals surface area contributed by atoms with Crippen LogP contribution in [0.4, 0.5) is 10.5 Å². The number of anilines is 1. The molecule has 2 aromatic carbocycles. The van der Waals surface area contributed by atoms with Gasteiger partial charge in [0.15, 0.2) is 11.5 Å². The van der Waals surface area contributed by atoms with Crippen molar-refractivity contribution < 1.29 is 14.3 Å². The lowest BCUT2D eigenvalue weighted by molar-refractivity contribution is 0.143. The second-order valence-electron chi connectivity index (χ2n) is 7.10. The molecular weight excluding hydrogens is 390 g/mol. The summed E-state index contributed by atoms with van der Waals surface area (Å²) in [5.74, 6) is 1.34. The molecule has 29 heavy (non-hydrogen) atoms. The number of methoxy groups -OCH3 is 1. The van der Waals surface area contributed by atoms with Crippen molar-refractivity contribution in [2.24, 2.45) is 5.92 Å². The molecule has 2 amide bonds. The number of rotatable bonds is 5. The third-order valence-corrected chi connectivity index (χ3v) is 5.34. The number of ether oxygens (including phenoxy) is 2. The summed E-state index contributed by atoms with van der Waals surface area (Å²) in [5.41, 5.74) is 2.10. The zero-order valence-corrected chi connectivity index (χ0v) is 17.3. The Labute approximate surface area is 176 Å². The Kier molecular flexibility index (Phi) is 6.84. The summed E-state index contributed by atoms with van der Waals surface area (Å²) >= 11 is 6.22. The van der Waals surface area contributed by atoms with Gasteiger partial charge in [0.05, 0.1) is 36.1 Å². The van der Waals surface area contributed by atoms with Crippen LogP contribution >= 0.6 is 11.6 Å². The molecule has 1 saturated heterocycles. The molecule has 1 N–H and O–H groups in total. The van der Waals surface area contributed by atoms with E-state index in [4.69, 9.17) is 26.3 Å². The van der Waals surface area contributed by atoms with Crippen LogP contribution in [0.1, 0.15) is 24.0 Å². The van der Waals surface area contributed by atoms with Gasteiger partial charge in [0, 0.05) is 25.1 Å². The molecule has 1 heterocycles. The van der Waals surface area contributed by atoms with Crippen molar-refractivity contribution in [2.75, 3.05) is 32.1 Å². The predicted molar refractivity (Wildman–Crippen MR) is 113 cm³/mol. The van der Waals surface area contributed by atoms with Crippen LogP contribution in [0.3, 0.4) is 0 Å². The Morgan fingerprint density at radius 1 is 1.34 bits per heavy atom. The summed E-state index contributed by atoms with van der Waals surface area (Å²) in [6.45, 7) is 3.69. The molecule has 152 valence electrons. The molecule has 0 spiro atoms. The van der Waals surface area contributed by atoms with E-state index in [2.05, 4.69) is 11.4 Å². The monoisotopic (exact) mass is 413 g/mol. The summed E-state index contributed by atoms with van der Waals surface area (Å²) in [6.07, 6.45) is 1.89. The van der Waals surface area contributed by atoms with Gasteiger partial charge >= 0.3 is 6.03 Å². The normalized spacial score (nSPS) is 16.1. The highest BCUT2D eigenvalue weighted by molar-refractivity contribution is 6.33. The van der Waals surface area contributed by atoms with Gasteiger partial charge in [-0.05, 0) is 43.5 Å². The largest absolute Gasteiger partial charge is 0.493 e. The minimum Gasteiger partial charge on any atom is -0.493 e. The number of nitrogens with one attached hydrogen (secondary N) is 1. The zero-order chi connectivity index (χ0) is 20.8. The second kappa shape index (κ2) is 9.53. The Bertz CT molecular complexity index is 906. The van der Waals surface area contributed by atoms with E-state index in [1.807, 2.05) is 19.1 Å². The zero-order valence-electron chi connectivity index (χ0n) is 16.6. The number of carbonyl (C=O) groups excluding carboxylic acids is 1. The number of para-hydroxylation sites is 1. The molecule has 7 heteroatoms. The number of amides is 2. The first kappa shape index (κ1) is 20.8. The number of likely N-dealkylation sites (tertiary alicyclic amines) is 1. The maximum Gasteiger partial charge on any atom is 0.321 e. The number of urea groups is 1. The summed E-state index contributed by atoms with van der Waals surface area (Å²) in [7, 11) is 1.55. The predicted octanol–water partition coefficient (Wildman–Crippen LogP) is 4.85. The molecule has 0 radical (unpaired) electrons. The molecular formula is C22H24ClN3O3. The van der Waals surface area contributed by atoms with E-state index in [1.54, 1.807) is 36.3 Å². The molecule has 0 bridgehead atoms. The third-order valence-electron chi connectivity index (χ3n) is 5.03. The third kappa shape index (κ3) is 5.12. The van der Waals surface area contributed by atoms with Crippen molar-refractivity contribution in [3.05, 3.63) is 52.5 Å². The first-order chi connectivity index (χ1) is 14.0. The summed E-state index contributed by atoms with van der Waals surface area (Å²) < 4.78 is 11.3. The van der Waals surface area contributed by atoms with Crippen LogP contribution in [-0.2, 0) is 0 Å². The van der Waals surface area contributed by atoms with Crippen LogP contribution in [0.25, 0.3) is 0 Å². The highest BCUT2D eigenvalue weighted by atomic mass is 35.5. The van der Waals surface area contributed by atoms with Crippen LogP contribution in [-0.4, -0.2) is 37.7 Å². The van der Waals surface area contributed by atoms with Crippen molar-refractivity contribution in [1.82, 2.24) is 4.90 Å². The number of hydrogen-bond acceptors (Lipinski definition) is 4. The SMILES string of the molecule is COc1cc(C#N)ccc1OCC1CCCN(C(=O)Nc2c(C)cccc2Cl)C1. The van der Waals surface area contributed by atoms with Gasteiger partial charge in [-0.3, -0.25) is 0 Å². The summed E-state index contributed by atoms with van der Waals surface area (Å²) in [4.78, 5) is 14.5. The highest BCUT2D eigenvalue weighted by Crippen LogP contribution is 2.30. The standard InChI is InChI=1S/C22H24ClN3O3/c1-15-5-3-7-18(23)21(15)25-22(27)26-10-4-6-17(13-26)14-29-19-9-8-16(12-24)11-20(19)28-2/h3,5,7-9,11,17H,4,6,10,13-14H2,1-2H3,(H,25,27). The van der Waals surface area contributed by atoms with Crippen LogP contribution in [0.5, 0.6) is 11.5 Å². The summed E-state index contributed by atoms with van der Waals surface area (Å²) in [6, 6.07) is 12.6. The van der Waals surface area contributed by atoms with Crippen molar-refractivity contribution in [3.8, 4) is 17.6 Å². The molecule has 1 fully saturated rings. The molecule has 2 aromatic rings. The first-order valence-corrected chi connectivity index (χ1v) is 9.91. The maximum absolute atomic E-state index is 12.7. The fourth-order valence-corrected chi connectivity index (χ4v) is 3.69. The van der Waals surface area contributed by atoms with Crippen LogP contribution in [0.15, 0.2) is 36.4 Å². The number of aryl methyl sites for hydroxylation is 1. The quantitative estimate of drug-likeness (QED) is 0.760. The fraction of sp³-hybridized carbons (Fsp3) is 0.364. The molecule has 1 aliphatic rings. The molecule has 0 saturated carbocycles. The van der Waals surface area contributed by atoms with Crippen LogP contribution in [0, 0.1) is 24.2 Å². The minimum atomic E-state index is -0.151. The van der Waals surface area contributed by atoms with E-state index in [-0.39, 0.29) is 11.9 Å². The van der Waals surface area contributed by atoms with Gasteiger partial charge in [0.25, 0.3) is 0 Å². The van der Waals surface area contributed by atoms with Crippen molar-refractivity contribution in [2.45, 2.75) is 19.8 Å². The smallest absolute Gasteiger partial charge is 0.321 e. The lowest BCUT2D eigenvalue weighted by Gasteiger charge is -2.33. The number of benzene rings is 2. The van der Waals surface area contributed by atoms with Crippen LogP contribution < -0.4 is 14.8 Å². The van der Waals surface area contributed by atoms with Gasteiger partial charge in [-0.25, -0.2) is 4.79 Å². The Morgan fingerprint density at radius 3 is 2.90 bits per heavy atom. The maximum atomic E-state index is 12.7. The van der Waals surface area contributed by atoms with Crippen molar-refractivity contribution in [3.63, 3.8) is 0 Å². The van der Waals surface area contributed by atoms with Crippen molar-refractivity contribution in [1.29, 1.82) is 5.26 Å². The number of carbonyl (C=O) groups is 1. The van der Waals surface area contributed by atoms with E-state index in [0.29, 0.717) is 47.5 Å². The topological polar surface area (TPSA) is 74.6 Å². The number of hydrogen-bond donors (Lipinski definition) is 1. The van der Waals surface area contributed by atoms with E-state index in [0.717, 1.165) is 18.4 Å². The molecule has 6 nitrogen and oxygen atoms in total. The van der Waals surface area contributed by atoms with Crippen molar-refractivity contribution >= 4 is 23.3 Å². The highest BCUT2D eigenvalue weighted by Gasteiger charge is 2.25. The molecule has 0 aromatic heterocycles. The van der Waals surface area contributed by atoms with E-state index in [9.17, 15) is 4.79 Å². The molecule has 0 aliphatic carbocycles. The Morgan fingerprint density at radius 2 is 2.17 bits per heavy atom. The minimum absolute atomic E-state index is 0.151. The van der Waals surface area contributed by atoms with Gasteiger partial charge < -0.3 is 19.7 Å². The Balaban J connectivity index is 1.59. The van der Waals surface area contributed by atoms with E-state index in [1.165, 1.54) is 0 Å². The van der Waals surface area contributed by atoms with Gasteiger partial charge in [-0.15, -0.1) is 0 Å². The molecule has 1 unspecified atom stereocenters. The Hall–Kier alpha value is -2.91. The second-order valence-corrected chi connectivity index (χ2v) is 7.51. The lowest BCUT2D eigenvalue weighted by Crippen LogP contribution is -2.43. The molecule has 1 aliphatic heterocycles. The fourth-order valence-electron chi connectivity index (χ4n) is 3.43. The van der Waals surface area contributed by atoms with Gasteiger partial charge in [0.1, 0.15) is 0 Å². The van der Waals surface area contributed by atoms with E-state index >= 15 is 0 Å². The van der Waals surface area contributed by atoms with Crippen LogP contribution in [0.2, 0.25) is 5.02 Å². The molecule has 1 atom stereocenters.